The van der Waals surface area contributed by atoms with Crippen molar-refractivity contribution >= 4 is 11.8 Å². The molecule has 144 valence electrons. The second-order valence-corrected chi connectivity index (χ2v) is 6.76. The van der Waals surface area contributed by atoms with Crippen LogP contribution in [0.5, 0.6) is 5.75 Å². The number of aliphatic hydroxyl groups is 1. The van der Waals surface area contributed by atoms with Crippen molar-refractivity contribution < 1.29 is 24.3 Å². The third-order valence-electron chi connectivity index (χ3n) is 4.68. The van der Waals surface area contributed by atoms with E-state index in [1.807, 2.05) is 0 Å². The average Bonchev–Trinajstić information content (AvgIpc) is 3.09. The molecule has 2 heterocycles. The molecule has 1 aliphatic heterocycles. The van der Waals surface area contributed by atoms with E-state index in [2.05, 4.69) is 10.5 Å². The number of β-amino-alcohol motifs (C(OH)–C–C–N with tert-alkyl or cyclic N) is 1. The molecule has 3 N–H and O–H groups in total. The summed E-state index contributed by atoms with van der Waals surface area (Å²) in [5, 5.41) is 26.0. The molecule has 0 saturated carbocycles. The highest BCUT2D eigenvalue weighted by Gasteiger charge is 2.31. The van der Waals surface area contributed by atoms with Gasteiger partial charge in [0.2, 0.25) is 5.91 Å². The summed E-state index contributed by atoms with van der Waals surface area (Å²) in [4.78, 5) is 26.1. The van der Waals surface area contributed by atoms with Gasteiger partial charge in [-0.05, 0) is 37.5 Å². The molecule has 0 unspecified atom stereocenters. The molecule has 27 heavy (non-hydrogen) atoms. The second-order valence-electron chi connectivity index (χ2n) is 6.76. The van der Waals surface area contributed by atoms with Crippen molar-refractivity contribution in [1.82, 2.24) is 15.4 Å². The third-order valence-corrected chi connectivity index (χ3v) is 4.68. The lowest BCUT2D eigenvalue weighted by Crippen LogP contribution is -2.55. The van der Waals surface area contributed by atoms with Gasteiger partial charge < -0.3 is 25.0 Å². The fourth-order valence-electron chi connectivity index (χ4n) is 3.11. The Balaban J connectivity index is 1.48. The van der Waals surface area contributed by atoms with Crippen molar-refractivity contribution in [2.24, 2.45) is 0 Å². The van der Waals surface area contributed by atoms with Crippen LogP contribution in [0.2, 0.25) is 0 Å². The Labute approximate surface area is 156 Å². The van der Waals surface area contributed by atoms with Crippen LogP contribution in [0.1, 0.15) is 34.7 Å². The zero-order chi connectivity index (χ0) is 19.4. The van der Waals surface area contributed by atoms with Gasteiger partial charge in [0.05, 0.1) is 12.1 Å². The van der Waals surface area contributed by atoms with Gasteiger partial charge in [-0.3, -0.25) is 9.59 Å². The summed E-state index contributed by atoms with van der Waals surface area (Å²) >= 11 is 0. The van der Waals surface area contributed by atoms with Crippen LogP contribution in [0.15, 0.2) is 34.9 Å². The summed E-state index contributed by atoms with van der Waals surface area (Å²) in [5.41, 5.74) is 1.14. The molecule has 2 atom stereocenters. The van der Waals surface area contributed by atoms with Gasteiger partial charge in [0.15, 0.2) is 5.69 Å². The normalized spacial score (nSPS) is 19.7. The number of likely N-dealkylation sites (tertiary alicyclic amines) is 1. The average molecular weight is 373 g/mol. The molecule has 1 saturated heterocycles. The quantitative estimate of drug-likeness (QED) is 0.720. The molecule has 0 spiro atoms. The van der Waals surface area contributed by atoms with E-state index in [-0.39, 0.29) is 23.9 Å². The number of phenolic OH excluding ortho intramolecular Hbond substituents is 1. The topological polar surface area (TPSA) is 116 Å². The lowest BCUT2D eigenvalue weighted by atomic mass is 10.0. The third kappa shape index (κ3) is 4.85. The molecular formula is C19H23N3O5. The number of phenols is 1. The van der Waals surface area contributed by atoms with Crippen LogP contribution in [0, 0.1) is 6.92 Å². The lowest BCUT2D eigenvalue weighted by Gasteiger charge is -2.36. The summed E-state index contributed by atoms with van der Waals surface area (Å²) in [6.07, 6.45) is 0.520. The van der Waals surface area contributed by atoms with Crippen molar-refractivity contribution in [3.8, 4) is 5.75 Å². The van der Waals surface area contributed by atoms with Gasteiger partial charge in [-0.25, -0.2) is 0 Å². The van der Waals surface area contributed by atoms with Crippen LogP contribution in [0.4, 0.5) is 0 Å². The fourth-order valence-corrected chi connectivity index (χ4v) is 3.11. The number of nitrogens with zero attached hydrogens (tertiary/aromatic N) is 2. The highest BCUT2D eigenvalue weighted by Crippen LogP contribution is 2.16. The Bertz CT molecular complexity index is 802. The zero-order valence-electron chi connectivity index (χ0n) is 15.1. The molecule has 0 radical (unpaired) electrons. The summed E-state index contributed by atoms with van der Waals surface area (Å²) < 4.78 is 4.88. The van der Waals surface area contributed by atoms with Gasteiger partial charge in [-0.2, -0.15) is 0 Å². The minimum absolute atomic E-state index is 0.0426. The first-order valence-corrected chi connectivity index (χ1v) is 8.90. The minimum atomic E-state index is -0.840. The summed E-state index contributed by atoms with van der Waals surface area (Å²) in [5.74, 6) is 0.287. The molecule has 2 aromatic rings. The number of amides is 2. The van der Waals surface area contributed by atoms with Crippen molar-refractivity contribution in [3.63, 3.8) is 0 Å². The molecule has 0 bridgehead atoms. The number of nitrogens with one attached hydrogen (secondary N) is 1. The van der Waals surface area contributed by atoms with E-state index in [4.69, 9.17) is 4.52 Å². The summed E-state index contributed by atoms with van der Waals surface area (Å²) in [7, 11) is 0. The molecule has 1 fully saturated rings. The van der Waals surface area contributed by atoms with Crippen LogP contribution >= 0.6 is 0 Å². The number of aliphatic hydroxyl groups excluding tert-OH is 1. The van der Waals surface area contributed by atoms with E-state index in [1.54, 1.807) is 36.1 Å². The van der Waals surface area contributed by atoms with E-state index in [0.29, 0.717) is 31.6 Å². The Morgan fingerprint density at radius 1 is 1.33 bits per heavy atom. The number of aromatic nitrogens is 1. The van der Waals surface area contributed by atoms with Crippen LogP contribution < -0.4 is 5.32 Å². The molecule has 2 amide bonds. The number of carbonyl (C=O) groups excluding carboxylic acids is 2. The molecule has 1 aromatic heterocycles. The number of hydrogen-bond donors (Lipinski definition) is 3. The molecule has 8 heteroatoms. The Hall–Kier alpha value is -2.87. The second kappa shape index (κ2) is 8.22. The van der Waals surface area contributed by atoms with Crippen LogP contribution in [0.3, 0.4) is 0 Å². The highest BCUT2D eigenvalue weighted by atomic mass is 16.5. The summed E-state index contributed by atoms with van der Waals surface area (Å²) in [6.45, 7) is 2.34. The van der Waals surface area contributed by atoms with E-state index >= 15 is 0 Å². The maximum absolute atomic E-state index is 12.4. The maximum Gasteiger partial charge on any atom is 0.273 e. The maximum atomic E-state index is 12.4. The fraction of sp³-hybridized carbons (Fsp3) is 0.421. The van der Waals surface area contributed by atoms with Crippen molar-refractivity contribution in [1.29, 1.82) is 0 Å². The summed E-state index contributed by atoms with van der Waals surface area (Å²) in [6, 6.07) is 7.84. The van der Waals surface area contributed by atoms with Gasteiger partial charge in [-0.15, -0.1) is 0 Å². The standard InChI is InChI=1S/C19H23N3O5/c1-12-10-16(21-27-12)19(26)20-15-8-9-22(11-17(15)24)18(25)7-4-13-2-5-14(23)6-3-13/h2-3,5-6,10,15,17,23-24H,4,7-9,11H2,1H3,(H,20,26)/t15-,17-/m1/s1. The molecule has 3 rings (SSSR count). The molecular weight excluding hydrogens is 350 g/mol. The van der Waals surface area contributed by atoms with Gasteiger partial charge in [-0.1, -0.05) is 17.3 Å². The van der Waals surface area contributed by atoms with E-state index < -0.39 is 18.1 Å². The predicted molar refractivity (Wildman–Crippen MR) is 96.1 cm³/mol. The van der Waals surface area contributed by atoms with Crippen LogP contribution in [-0.4, -0.2) is 57.3 Å². The van der Waals surface area contributed by atoms with E-state index in [9.17, 15) is 19.8 Å². The Kier molecular flexibility index (Phi) is 5.75. The van der Waals surface area contributed by atoms with Crippen LogP contribution in [0.25, 0.3) is 0 Å². The number of aromatic hydroxyl groups is 1. The van der Waals surface area contributed by atoms with Crippen LogP contribution in [-0.2, 0) is 11.2 Å². The van der Waals surface area contributed by atoms with Gasteiger partial charge in [0, 0.05) is 25.6 Å². The number of rotatable bonds is 5. The molecule has 8 nitrogen and oxygen atoms in total. The highest BCUT2D eigenvalue weighted by molar-refractivity contribution is 5.92. The molecule has 1 aliphatic rings. The van der Waals surface area contributed by atoms with Crippen molar-refractivity contribution in [2.45, 2.75) is 38.3 Å². The van der Waals surface area contributed by atoms with Crippen molar-refractivity contribution in [2.75, 3.05) is 13.1 Å². The predicted octanol–water partition coefficient (Wildman–Crippen LogP) is 1.01. The molecule has 1 aromatic carbocycles. The number of benzene rings is 1. The lowest BCUT2D eigenvalue weighted by molar-refractivity contribution is -0.134. The monoisotopic (exact) mass is 373 g/mol. The van der Waals surface area contributed by atoms with Crippen molar-refractivity contribution in [3.05, 3.63) is 47.3 Å². The Morgan fingerprint density at radius 3 is 2.70 bits per heavy atom. The van der Waals surface area contributed by atoms with Gasteiger partial charge in [0.1, 0.15) is 11.5 Å². The SMILES string of the molecule is Cc1cc(C(=O)N[C@@H]2CCN(C(=O)CCc3ccc(O)cc3)C[C@H]2O)no1. The zero-order valence-corrected chi connectivity index (χ0v) is 15.1. The first-order chi connectivity index (χ1) is 12.9. The Morgan fingerprint density at radius 2 is 2.07 bits per heavy atom. The van der Waals surface area contributed by atoms with E-state index in [1.165, 1.54) is 6.07 Å². The van der Waals surface area contributed by atoms with Gasteiger partial charge >= 0.3 is 0 Å². The van der Waals surface area contributed by atoms with E-state index in [0.717, 1.165) is 5.56 Å². The largest absolute Gasteiger partial charge is 0.508 e. The first-order valence-electron chi connectivity index (χ1n) is 8.90. The smallest absolute Gasteiger partial charge is 0.273 e. The molecule has 0 aliphatic carbocycles. The number of carbonyl (C=O) groups is 2. The number of aryl methyl sites for hydroxylation is 2. The number of hydrogen-bond acceptors (Lipinski definition) is 6. The first kappa shape index (κ1) is 18.9. The number of piperidine rings is 1. The van der Waals surface area contributed by atoms with Gasteiger partial charge in [0.25, 0.3) is 5.91 Å². The minimum Gasteiger partial charge on any atom is -0.508 e.